The first-order valence-electron chi connectivity index (χ1n) is 7.11. The molecule has 2 amide bonds. The highest BCUT2D eigenvalue weighted by molar-refractivity contribution is 9.10. The Kier molecular flexibility index (Phi) is 5.85. The van der Waals surface area contributed by atoms with E-state index in [9.17, 15) is 9.59 Å². The minimum atomic E-state index is -0.724. The van der Waals surface area contributed by atoms with Gasteiger partial charge >= 0.3 is 0 Å². The topological polar surface area (TPSA) is 81.4 Å². The van der Waals surface area contributed by atoms with Gasteiger partial charge in [0.2, 0.25) is 5.91 Å². The van der Waals surface area contributed by atoms with Crippen LogP contribution in [0.1, 0.15) is 22.8 Å². The average molecular weight is 412 g/mol. The first-order valence-corrected chi connectivity index (χ1v) is 8.28. The quantitative estimate of drug-likeness (QED) is 0.782. The van der Waals surface area contributed by atoms with Crippen LogP contribution in [0.4, 0.5) is 5.69 Å². The van der Waals surface area contributed by atoms with E-state index in [4.69, 9.17) is 22.1 Å². The van der Waals surface area contributed by atoms with Crippen LogP contribution in [0.15, 0.2) is 40.9 Å². The minimum absolute atomic E-state index is 0.317. The largest absolute Gasteiger partial charge is 0.480 e. The Morgan fingerprint density at radius 3 is 2.54 bits per heavy atom. The summed E-state index contributed by atoms with van der Waals surface area (Å²) in [6.07, 6.45) is -0.724. The molecule has 5 nitrogen and oxygen atoms in total. The molecular weight excluding hydrogens is 396 g/mol. The van der Waals surface area contributed by atoms with Gasteiger partial charge in [-0.1, -0.05) is 11.6 Å². The van der Waals surface area contributed by atoms with Gasteiger partial charge in [-0.3, -0.25) is 9.59 Å². The Labute approximate surface area is 153 Å². The molecule has 24 heavy (non-hydrogen) atoms. The van der Waals surface area contributed by atoms with E-state index in [1.165, 1.54) is 0 Å². The van der Waals surface area contributed by atoms with Gasteiger partial charge in [0.1, 0.15) is 5.75 Å². The molecule has 0 aliphatic carbocycles. The summed E-state index contributed by atoms with van der Waals surface area (Å²) in [5, 5.41) is 3.31. The zero-order valence-electron chi connectivity index (χ0n) is 13.1. The first kappa shape index (κ1) is 18.3. The van der Waals surface area contributed by atoms with Crippen molar-refractivity contribution < 1.29 is 14.3 Å². The lowest BCUT2D eigenvalue weighted by atomic mass is 10.1. The normalized spacial score (nSPS) is 11.7. The monoisotopic (exact) mass is 410 g/mol. The molecule has 0 spiro atoms. The molecule has 1 unspecified atom stereocenters. The molecule has 3 N–H and O–H groups in total. The Balaban J connectivity index is 2.06. The number of amides is 2. The fourth-order valence-electron chi connectivity index (χ4n) is 2.08. The predicted molar refractivity (Wildman–Crippen MR) is 97.6 cm³/mol. The highest BCUT2D eigenvalue weighted by Crippen LogP contribution is 2.29. The number of hydrogen-bond acceptors (Lipinski definition) is 3. The lowest BCUT2D eigenvalue weighted by Crippen LogP contribution is -2.30. The van der Waals surface area contributed by atoms with Crippen LogP contribution in [0.5, 0.6) is 5.75 Å². The SMILES string of the molecule is Cc1cc(NC(=O)C(C)Oc2ccc(Cl)cc2Br)ccc1C(N)=O. The minimum Gasteiger partial charge on any atom is -0.480 e. The number of carbonyl (C=O) groups is 2. The second-order valence-electron chi connectivity index (χ2n) is 5.22. The second-order valence-corrected chi connectivity index (χ2v) is 6.51. The number of halogens is 2. The van der Waals surface area contributed by atoms with Gasteiger partial charge in [-0.2, -0.15) is 0 Å². The maximum atomic E-state index is 12.3. The standard InChI is InChI=1S/C17H16BrClN2O3/c1-9-7-12(4-5-13(9)16(20)22)21-17(23)10(2)24-15-6-3-11(19)8-14(15)18/h3-8,10H,1-2H3,(H2,20,22)(H,21,23). The molecule has 0 bridgehead atoms. The summed E-state index contributed by atoms with van der Waals surface area (Å²) in [6.45, 7) is 3.39. The van der Waals surface area contributed by atoms with Gasteiger partial charge in [0, 0.05) is 16.3 Å². The summed E-state index contributed by atoms with van der Waals surface area (Å²) in [4.78, 5) is 23.5. The molecule has 0 aliphatic heterocycles. The second kappa shape index (κ2) is 7.68. The molecule has 0 aliphatic rings. The van der Waals surface area contributed by atoms with Gasteiger partial charge in [-0.15, -0.1) is 0 Å². The number of rotatable bonds is 5. The van der Waals surface area contributed by atoms with E-state index in [-0.39, 0.29) is 5.91 Å². The van der Waals surface area contributed by atoms with Crippen LogP contribution in [0.2, 0.25) is 5.02 Å². The van der Waals surface area contributed by atoms with Crippen molar-refractivity contribution in [3.63, 3.8) is 0 Å². The van der Waals surface area contributed by atoms with Crippen molar-refractivity contribution in [2.45, 2.75) is 20.0 Å². The molecule has 2 rings (SSSR count). The molecule has 2 aromatic carbocycles. The number of nitrogens with two attached hydrogens (primary N) is 1. The van der Waals surface area contributed by atoms with E-state index < -0.39 is 12.0 Å². The van der Waals surface area contributed by atoms with Gasteiger partial charge in [0.15, 0.2) is 6.10 Å². The number of primary amides is 1. The van der Waals surface area contributed by atoms with Crippen molar-refractivity contribution in [3.05, 3.63) is 57.0 Å². The van der Waals surface area contributed by atoms with Crippen LogP contribution < -0.4 is 15.8 Å². The summed E-state index contributed by atoms with van der Waals surface area (Å²) in [5.74, 6) is -0.306. The van der Waals surface area contributed by atoms with E-state index >= 15 is 0 Å². The molecule has 126 valence electrons. The van der Waals surface area contributed by atoms with Crippen molar-refractivity contribution in [2.75, 3.05) is 5.32 Å². The molecule has 7 heteroatoms. The van der Waals surface area contributed by atoms with Gasteiger partial charge in [0.25, 0.3) is 5.91 Å². The smallest absolute Gasteiger partial charge is 0.265 e. The lowest BCUT2D eigenvalue weighted by molar-refractivity contribution is -0.122. The summed E-state index contributed by atoms with van der Waals surface area (Å²) in [6, 6.07) is 9.93. The third-order valence-corrected chi connectivity index (χ3v) is 4.18. The molecule has 0 aromatic heterocycles. The van der Waals surface area contributed by atoms with E-state index in [0.717, 1.165) is 0 Å². The molecule has 0 radical (unpaired) electrons. The van der Waals surface area contributed by atoms with Crippen LogP contribution in [0.25, 0.3) is 0 Å². The van der Waals surface area contributed by atoms with Crippen LogP contribution >= 0.6 is 27.5 Å². The number of anilines is 1. The molecular formula is C17H16BrClN2O3. The molecule has 2 aromatic rings. The maximum Gasteiger partial charge on any atom is 0.265 e. The zero-order valence-corrected chi connectivity index (χ0v) is 15.4. The Bertz CT molecular complexity index is 795. The van der Waals surface area contributed by atoms with Gasteiger partial charge in [-0.25, -0.2) is 0 Å². The van der Waals surface area contributed by atoms with Gasteiger partial charge < -0.3 is 15.8 Å². The molecule has 0 saturated carbocycles. The van der Waals surface area contributed by atoms with Crippen molar-refractivity contribution in [2.24, 2.45) is 5.73 Å². The van der Waals surface area contributed by atoms with E-state index in [1.54, 1.807) is 50.2 Å². The highest BCUT2D eigenvalue weighted by atomic mass is 79.9. The van der Waals surface area contributed by atoms with Crippen LogP contribution in [-0.2, 0) is 4.79 Å². The summed E-state index contributed by atoms with van der Waals surface area (Å²) in [7, 11) is 0. The zero-order chi connectivity index (χ0) is 17.9. The number of hydrogen-bond donors (Lipinski definition) is 2. The first-order chi connectivity index (χ1) is 11.3. The van der Waals surface area contributed by atoms with E-state index in [1.807, 2.05) is 0 Å². The van der Waals surface area contributed by atoms with Crippen LogP contribution in [0.3, 0.4) is 0 Å². The summed E-state index contributed by atoms with van der Waals surface area (Å²) < 4.78 is 6.30. The summed E-state index contributed by atoms with van der Waals surface area (Å²) >= 11 is 9.21. The summed E-state index contributed by atoms with van der Waals surface area (Å²) in [5.41, 5.74) is 6.94. The van der Waals surface area contributed by atoms with Gasteiger partial charge in [0.05, 0.1) is 4.47 Å². The number of aryl methyl sites for hydroxylation is 1. The lowest BCUT2D eigenvalue weighted by Gasteiger charge is -2.16. The fourth-order valence-corrected chi connectivity index (χ4v) is 2.85. The van der Waals surface area contributed by atoms with Crippen LogP contribution in [-0.4, -0.2) is 17.9 Å². The van der Waals surface area contributed by atoms with Crippen molar-refractivity contribution in [1.29, 1.82) is 0 Å². The fraction of sp³-hybridized carbons (Fsp3) is 0.176. The Morgan fingerprint density at radius 1 is 1.25 bits per heavy atom. The Hall–Kier alpha value is -2.05. The molecule has 1 atom stereocenters. The number of benzene rings is 2. The molecule has 0 saturated heterocycles. The average Bonchev–Trinajstić information content (AvgIpc) is 2.49. The van der Waals surface area contributed by atoms with E-state index in [2.05, 4.69) is 21.2 Å². The molecule has 0 heterocycles. The number of ether oxygens (including phenoxy) is 1. The van der Waals surface area contributed by atoms with Crippen molar-refractivity contribution in [1.82, 2.24) is 0 Å². The highest BCUT2D eigenvalue weighted by Gasteiger charge is 2.17. The number of nitrogens with one attached hydrogen (secondary N) is 1. The third kappa shape index (κ3) is 4.49. The van der Waals surface area contributed by atoms with Gasteiger partial charge in [-0.05, 0) is 71.7 Å². The van der Waals surface area contributed by atoms with Crippen molar-refractivity contribution >= 4 is 45.0 Å². The Morgan fingerprint density at radius 2 is 1.96 bits per heavy atom. The number of carbonyl (C=O) groups excluding carboxylic acids is 2. The predicted octanol–water partition coefficient (Wildman–Crippen LogP) is 3.92. The maximum absolute atomic E-state index is 12.3. The molecule has 0 fully saturated rings. The van der Waals surface area contributed by atoms with E-state index in [0.29, 0.717) is 32.1 Å². The van der Waals surface area contributed by atoms with Crippen LogP contribution in [0, 0.1) is 6.92 Å². The van der Waals surface area contributed by atoms with Crippen molar-refractivity contribution in [3.8, 4) is 5.75 Å². The third-order valence-electron chi connectivity index (χ3n) is 3.33.